The summed E-state index contributed by atoms with van der Waals surface area (Å²) >= 11 is 0. The number of rotatable bonds is 5. The van der Waals surface area contributed by atoms with E-state index in [0.717, 1.165) is 0 Å². The highest BCUT2D eigenvalue weighted by Gasteiger charge is 2.53. The van der Waals surface area contributed by atoms with Crippen LogP contribution in [0.2, 0.25) is 18.1 Å². The van der Waals surface area contributed by atoms with Crippen molar-refractivity contribution in [1.29, 1.82) is 0 Å². The van der Waals surface area contributed by atoms with Gasteiger partial charge in [-0.2, -0.15) is 0 Å². The summed E-state index contributed by atoms with van der Waals surface area (Å²) in [4.78, 5) is 11.9. The molecular formula is C19H34O5Si. The smallest absolute Gasteiger partial charge is 0.306 e. The highest BCUT2D eigenvalue weighted by molar-refractivity contribution is 6.74. The van der Waals surface area contributed by atoms with Gasteiger partial charge in [0.05, 0.1) is 12.5 Å². The molecule has 0 amide bonds. The summed E-state index contributed by atoms with van der Waals surface area (Å²) in [6, 6.07) is 0. The molecule has 6 heteroatoms. The second-order valence-corrected chi connectivity index (χ2v) is 14.0. The Morgan fingerprint density at radius 3 is 2.32 bits per heavy atom. The van der Waals surface area contributed by atoms with E-state index in [9.17, 15) is 4.79 Å². The summed E-state index contributed by atoms with van der Waals surface area (Å²) in [6.07, 6.45) is 0.952. The zero-order valence-corrected chi connectivity index (χ0v) is 17.9. The molecule has 0 unspecified atom stereocenters. The molecule has 2 fully saturated rings. The van der Waals surface area contributed by atoms with Gasteiger partial charge in [-0.3, -0.25) is 4.79 Å². The van der Waals surface area contributed by atoms with Gasteiger partial charge in [-0.05, 0) is 38.9 Å². The molecule has 0 aromatic heterocycles. The summed E-state index contributed by atoms with van der Waals surface area (Å²) in [7, 11) is -2.10. The predicted octanol–water partition coefficient (Wildman–Crippen LogP) is 4.03. The average molecular weight is 371 g/mol. The Morgan fingerprint density at radius 2 is 1.88 bits per heavy atom. The molecule has 0 radical (unpaired) electrons. The third-order valence-corrected chi connectivity index (χ3v) is 10.1. The molecule has 2 aliphatic rings. The van der Waals surface area contributed by atoms with Crippen LogP contribution in [0.4, 0.5) is 0 Å². The second-order valence-electron chi connectivity index (χ2n) is 9.21. The summed E-state index contributed by atoms with van der Waals surface area (Å²) in [5, 5.41) is 0.0375. The number of carbonyl (C=O) groups is 1. The number of ether oxygens (including phenoxy) is 3. The van der Waals surface area contributed by atoms with E-state index in [1.807, 2.05) is 20.8 Å². The first-order chi connectivity index (χ1) is 11.3. The molecule has 0 N–H and O–H groups in total. The molecule has 0 aliphatic carbocycles. The van der Waals surface area contributed by atoms with Crippen LogP contribution in [0.15, 0.2) is 12.7 Å². The fraction of sp³-hybridized carbons (Fsp3) is 0.842. The first-order valence-corrected chi connectivity index (χ1v) is 12.0. The fourth-order valence-corrected chi connectivity index (χ4v) is 4.56. The van der Waals surface area contributed by atoms with Gasteiger partial charge in [0.25, 0.3) is 0 Å². The van der Waals surface area contributed by atoms with Crippen LogP contribution in [0.3, 0.4) is 0 Å². The molecule has 0 aromatic rings. The maximum atomic E-state index is 11.9. The largest absolute Gasteiger partial charge is 0.459 e. The van der Waals surface area contributed by atoms with E-state index in [4.69, 9.17) is 18.6 Å². The highest BCUT2D eigenvalue weighted by Crippen LogP contribution is 2.42. The van der Waals surface area contributed by atoms with E-state index in [0.29, 0.717) is 6.42 Å². The van der Waals surface area contributed by atoms with Gasteiger partial charge in [0, 0.05) is 5.92 Å². The maximum absolute atomic E-state index is 11.9. The van der Waals surface area contributed by atoms with Crippen LogP contribution in [0, 0.1) is 5.92 Å². The first kappa shape index (κ1) is 20.6. The van der Waals surface area contributed by atoms with E-state index in [-0.39, 0.29) is 41.3 Å². The minimum absolute atomic E-state index is 0.0375. The van der Waals surface area contributed by atoms with Gasteiger partial charge in [0.1, 0.15) is 18.3 Å². The van der Waals surface area contributed by atoms with Crippen LogP contribution in [0.5, 0.6) is 0 Å². The topological polar surface area (TPSA) is 54.0 Å². The van der Waals surface area contributed by atoms with Crippen LogP contribution in [0.1, 0.15) is 48.0 Å². The van der Waals surface area contributed by atoms with E-state index >= 15 is 0 Å². The van der Waals surface area contributed by atoms with E-state index in [1.54, 1.807) is 6.08 Å². The molecule has 0 bridgehead atoms. The number of carbonyl (C=O) groups excluding carboxylic acids is 1. The molecule has 0 saturated carbocycles. The number of hydrogen-bond acceptors (Lipinski definition) is 5. The van der Waals surface area contributed by atoms with Crippen molar-refractivity contribution in [1.82, 2.24) is 0 Å². The van der Waals surface area contributed by atoms with E-state index in [2.05, 4.69) is 40.4 Å². The standard InChI is InChI=1S/C19H34O5Si/c1-10-13-11-14(20)21-16(13)17(24-25(8,9)18(3,4)5)15-12(2)22-19(6,7)23-15/h10,12-13,15-17H,1,11H2,2-9H3/t12-,13+,15+,16+,17+/m1/s1. The lowest BCUT2D eigenvalue weighted by Crippen LogP contribution is -2.54. The van der Waals surface area contributed by atoms with Crippen LogP contribution in [-0.4, -0.2) is 44.5 Å². The molecule has 0 spiro atoms. The zero-order chi connectivity index (χ0) is 19.2. The van der Waals surface area contributed by atoms with Crippen molar-refractivity contribution in [2.24, 2.45) is 5.92 Å². The Hall–Kier alpha value is -0.693. The van der Waals surface area contributed by atoms with E-state index in [1.165, 1.54) is 0 Å². The molecular weight excluding hydrogens is 336 g/mol. The highest BCUT2D eigenvalue weighted by atomic mass is 28.4. The summed E-state index contributed by atoms with van der Waals surface area (Å²) in [5.74, 6) is -0.947. The van der Waals surface area contributed by atoms with E-state index < -0.39 is 14.1 Å². The fourth-order valence-electron chi connectivity index (χ4n) is 3.26. The number of hydrogen-bond donors (Lipinski definition) is 0. The third-order valence-electron chi connectivity index (χ3n) is 5.63. The molecule has 5 nitrogen and oxygen atoms in total. The van der Waals surface area contributed by atoms with Crippen molar-refractivity contribution in [2.75, 3.05) is 0 Å². The lowest BCUT2D eigenvalue weighted by molar-refractivity contribution is -0.166. The third kappa shape index (κ3) is 4.35. The van der Waals surface area contributed by atoms with Crippen LogP contribution in [0.25, 0.3) is 0 Å². The minimum Gasteiger partial charge on any atom is -0.459 e. The molecule has 2 heterocycles. The normalized spacial score (nSPS) is 34.0. The van der Waals surface area contributed by atoms with Crippen molar-refractivity contribution in [3.05, 3.63) is 12.7 Å². The molecule has 2 saturated heterocycles. The van der Waals surface area contributed by atoms with Gasteiger partial charge >= 0.3 is 5.97 Å². The zero-order valence-electron chi connectivity index (χ0n) is 16.9. The molecule has 25 heavy (non-hydrogen) atoms. The monoisotopic (exact) mass is 370 g/mol. The Kier molecular flexibility index (Phi) is 5.61. The average Bonchev–Trinajstić information content (AvgIpc) is 2.93. The molecule has 0 aromatic carbocycles. The quantitative estimate of drug-likeness (QED) is 0.415. The van der Waals surface area contributed by atoms with Crippen LogP contribution < -0.4 is 0 Å². The van der Waals surface area contributed by atoms with Gasteiger partial charge in [0.15, 0.2) is 14.1 Å². The van der Waals surface area contributed by atoms with Crippen molar-refractivity contribution in [3.63, 3.8) is 0 Å². The van der Waals surface area contributed by atoms with Gasteiger partial charge in [-0.25, -0.2) is 0 Å². The first-order valence-electron chi connectivity index (χ1n) is 9.13. The van der Waals surface area contributed by atoms with Gasteiger partial charge < -0.3 is 18.6 Å². The summed E-state index contributed by atoms with van der Waals surface area (Å²) < 4.78 is 24.5. The van der Waals surface area contributed by atoms with Gasteiger partial charge in [0.2, 0.25) is 0 Å². The van der Waals surface area contributed by atoms with Crippen molar-refractivity contribution < 1.29 is 23.4 Å². The minimum atomic E-state index is -2.10. The predicted molar refractivity (Wildman–Crippen MR) is 99.8 cm³/mol. The lowest BCUT2D eigenvalue weighted by atomic mass is 9.93. The van der Waals surface area contributed by atoms with Crippen LogP contribution >= 0.6 is 0 Å². The number of cyclic esters (lactones) is 1. The maximum Gasteiger partial charge on any atom is 0.306 e. The number of esters is 1. The lowest BCUT2D eigenvalue weighted by Gasteiger charge is -2.43. The Labute approximate surface area is 153 Å². The van der Waals surface area contributed by atoms with Gasteiger partial charge in [-0.15, -0.1) is 6.58 Å². The summed E-state index contributed by atoms with van der Waals surface area (Å²) in [5.41, 5.74) is 0. The Balaban J connectivity index is 2.35. The summed E-state index contributed by atoms with van der Waals surface area (Å²) in [6.45, 7) is 20.7. The van der Waals surface area contributed by atoms with Crippen molar-refractivity contribution in [2.45, 2.75) is 96.3 Å². The SMILES string of the molecule is C=C[C@H]1CC(=O)O[C@@H]1[C@@H](O[Si](C)(C)C(C)(C)C)[C@H]1OC(C)(C)O[C@@H]1C. The van der Waals surface area contributed by atoms with Crippen molar-refractivity contribution in [3.8, 4) is 0 Å². The second kappa shape index (κ2) is 6.80. The van der Waals surface area contributed by atoms with Crippen molar-refractivity contribution >= 4 is 14.3 Å². The van der Waals surface area contributed by atoms with Crippen LogP contribution in [-0.2, 0) is 23.4 Å². The molecule has 144 valence electrons. The molecule has 2 aliphatic heterocycles. The van der Waals surface area contributed by atoms with Gasteiger partial charge in [-0.1, -0.05) is 26.8 Å². The Bertz CT molecular complexity index is 522. The molecule has 2 rings (SSSR count). The Morgan fingerprint density at radius 1 is 1.28 bits per heavy atom. The molecule has 5 atom stereocenters.